The smallest absolute Gasteiger partial charge is 0.265 e. The largest absolute Gasteiger partial charge is 0.496 e. The molecule has 0 bridgehead atoms. The van der Waals surface area contributed by atoms with E-state index >= 15 is 0 Å². The number of ether oxygens (including phenoxy) is 2. The minimum atomic E-state index is -0.323. The number of amides is 1. The lowest BCUT2D eigenvalue weighted by Gasteiger charge is -2.28. The van der Waals surface area contributed by atoms with Gasteiger partial charge in [0.05, 0.1) is 14.2 Å². The van der Waals surface area contributed by atoms with Gasteiger partial charge in [0.25, 0.3) is 5.91 Å². The van der Waals surface area contributed by atoms with Crippen LogP contribution in [0.3, 0.4) is 0 Å². The fraction of sp³-hybridized carbons (Fsp3) is 0.526. The number of nitrogens with one attached hydrogen (secondary N) is 1. The van der Waals surface area contributed by atoms with Gasteiger partial charge in [0.15, 0.2) is 0 Å². The predicted molar refractivity (Wildman–Crippen MR) is 105 cm³/mol. The molecule has 2 rings (SSSR count). The quantitative estimate of drug-likeness (QED) is 0.688. The highest BCUT2D eigenvalue weighted by molar-refractivity contribution is 7.15. The molecule has 1 aromatic heterocycles. The van der Waals surface area contributed by atoms with Crippen molar-refractivity contribution in [3.63, 3.8) is 0 Å². The Balaban J connectivity index is 2.28. The Kier molecular flexibility index (Phi) is 6.97. The van der Waals surface area contributed by atoms with E-state index in [0.29, 0.717) is 22.2 Å². The van der Waals surface area contributed by atoms with Gasteiger partial charge in [0, 0.05) is 5.41 Å². The van der Waals surface area contributed by atoms with Crippen LogP contribution in [0.1, 0.15) is 61.8 Å². The number of carbonyl (C=O) groups excluding carboxylic acids is 1. The molecule has 0 radical (unpaired) electrons. The number of hydrogen-bond acceptors (Lipinski definition) is 6. The van der Waals surface area contributed by atoms with E-state index in [4.69, 9.17) is 9.47 Å². The summed E-state index contributed by atoms with van der Waals surface area (Å²) in [5, 5.41) is 12.9. The van der Waals surface area contributed by atoms with Crippen molar-refractivity contribution in [1.82, 2.24) is 10.2 Å². The van der Waals surface area contributed by atoms with E-state index in [0.717, 1.165) is 30.7 Å². The maximum absolute atomic E-state index is 12.8. The lowest BCUT2D eigenvalue weighted by molar-refractivity contribution is 0.102. The van der Waals surface area contributed by atoms with Gasteiger partial charge in [-0.25, -0.2) is 0 Å². The first-order valence-electron chi connectivity index (χ1n) is 8.91. The summed E-state index contributed by atoms with van der Waals surface area (Å²) >= 11 is 1.44. The van der Waals surface area contributed by atoms with Crippen molar-refractivity contribution < 1.29 is 14.3 Å². The zero-order valence-electron chi connectivity index (χ0n) is 16.1. The molecule has 0 fully saturated rings. The summed E-state index contributed by atoms with van der Waals surface area (Å²) in [5.74, 6) is 0.583. The van der Waals surface area contributed by atoms with E-state index in [1.807, 2.05) is 0 Å². The summed E-state index contributed by atoms with van der Waals surface area (Å²) < 4.78 is 10.6. The van der Waals surface area contributed by atoms with Crippen LogP contribution in [0.4, 0.5) is 5.13 Å². The zero-order valence-corrected chi connectivity index (χ0v) is 16.9. The van der Waals surface area contributed by atoms with Crippen molar-refractivity contribution in [1.29, 1.82) is 0 Å². The molecule has 6 nitrogen and oxygen atoms in total. The van der Waals surface area contributed by atoms with Crippen LogP contribution in [0.2, 0.25) is 0 Å². The number of anilines is 1. The number of hydrogen-bond donors (Lipinski definition) is 1. The average molecular weight is 378 g/mol. The van der Waals surface area contributed by atoms with Gasteiger partial charge in [-0.3, -0.25) is 10.1 Å². The SMILES string of the molecule is CCCC(CC)(CC)c1nnc(NC(=O)c2c(OC)cccc2OC)s1. The summed E-state index contributed by atoms with van der Waals surface area (Å²) in [5.41, 5.74) is 0.373. The number of benzene rings is 1. The number of aromatic nitrogens is 2. The highest BCUT2D eigenvalue weighted by Gasteiger charge is 2.32. The number of carbonyl (C=O) groups is 1. The molecule has 26 heavy (non-hydrogen) atoms. The van der Waals surface area contributed by atoms with E-state index in [-0.39, 0.29) is 11.3 Å². The molecule has 1 aromatic carbocycles. The number of nitrogens with zero attached hydrogens (tertiary/aromatic N) is 2. The molecule has 0 aliphatic heterocycles. The van der Waals surface area contributed by atoms with Crippen molar-refractivity contribution in [2.45, 2.75) is 51.9 Å². The van der Waals surface area contributed by atoms with Crippen LogP contribution in [0.15, 0.2) is 18.2 Å². The van der Waals surface area contributed by atoms with Gasteiger partial charge in [-0.2, -0.15) is 0 Å². The number of methoxy groups -OCH3 is 2. The highest BCUT2D eigenvalue weighted by atomic mass is 32.1. The topological polar surface area (TPSA) is 73.3 Å². The van der Waals surface area contributed by atoms with Gasteiger partial charge in [-0.1, -0.05) is 44.6 Å². The Morgan fingerprint density at radius 2 is 1.73 bits per heavy atom. The van der Waals surface area contributed by atoms with Gasteiger partial charge in [-0.05, 0) is 31.4 Å². The lowest BCUT2D eigenvalue weighted by atomic mass is 9.79. The van der Waals surface area contributed by atoms with Crippen molar-refractivity contribution in [3.8, 4) is 11.5 Å². The fourth-order valence-electron chi connectivity index (χ4n) is 3.21. The Hall–Kier alpha value is -2.15. The normalized spacial score (nSPS) is 11.3. The first kappa shape index (κ1) is 20.2. The van der Waals surface area contributed by atoms with Gasteiger partial charge in [-0.15, -0.1) is 10.2 Å². The van der Waals surface area contributed by atoms with Crippen molar-refractivity contribution >= 4 is 22.4 Å². The number of rotatable bonds is 9. The summed E-state index contributed by atoms with van der Waals surface area (Å²) in [6, 6.07) is 5.23. The lowest BCUT2D eigenvalue weighted by Crippen LogP contribution is -2.24. The summed E-state index contributed by atoms with van der Waals surface area (Å²) in [6.07, 6.45) is 4.14. The van der Waals surface area contributed by atoms with Crippen LogP contribution >= 0.6 is 11.3 Å². The Bertz CT molecular complexity index is 719. The standard InChI is InChI=1S/C19H27N3O3S/c1-6-12-19(7-2,8-3)17-21-22-18(26-17)20-16(23)15-13(24-4)10-9-11-14(15)25-5/h9-11H,6-8,12H2,1-5H3,(H,20,22,23). The Labute approximate surface area is 158 Å². The molecule has 0 saturated heterocycles. The van der Waals surface area contributed by atoms with Crippen molar-refractivity contribution in [2.75, 3.05) is 19.5 Å². The van der Waals surface area contributed by atoms with Crippen molar-refractivity contribution in [3.05, 3.63) is 28.8 Å². The summed E-state index contributed by atoms with van der Waals surface area (Å²) in [4.78, 5) is 12.8. The first-order chi connectivity index (χ1) is 12.5. The minimum absolute atomic E-state index is 0.0253. The summed E-state index contributed by atoms with van der Waals surface area (Å²) in [6.45, 7) is 6.54. The van der Waals surface area contributed by atoms with E-state index in [9.17, 15) is 4.79 Å². The third-order valence-electron chi connectivity index (χ3n) is 4.84. The molecule has 0 aliphatic carbocycles. The molecule has 0 spiro atoms. The van der Waals surface area contributed by atoms with Gasteiger partial charge in [0.1, 0.15) is 22.1 Å². The minimum Gasteiger partial charge on any atom is -0.496 e. The van der Waals surface area contributed by atoms with E-state index in [1.54, 1.807) is 18.2 Å². The second-order valence-electron chi connectivity index (χ2n) is 6.14. The van der Waals surface area contributed by atoms with Gasteiger partial charge < -0.3 is 9.47 Å². The van der Waals surface area contributed by atoms with Crippen LogP contribution in [-0.4, -0.2) is 30.3 Å². The van der Waals surface area contributed by atoms with Crippen LogP contribution in [0, 0.1) is 0 Å². The third-order valence-corrected chi connectivity index (χ3v) is 5.92. The first-order valence-corrected chi connectivity index (χ1v) is 9.73. The van der Waals surface area contributed by atoms with Gasteiger partial charge in [0.2, 0.25) is 5.13 Å². The van der Waals surface area contributed by atoms with E-state index in [2.05, 4.69) is 36.3 Å². The molecule has 1 amide bonds. The maximum atomic E-state index is 12.8. The molecule has 7 heteroatoms. The fourth-order valence-corrected chi connectivity index (χ4v) is 4.31. The van der Waals surface area contributed by atoms with Crippen LogP contribution in [-0.2, 0) is 5.41 Å². The van der Waals surface area contributed by atoms with Crippen LogP contribution in [0.5, 0.6) is 11.5 Å². The molecule has 0 unspecified atom stereocenters. The molecule has 142 valence electrons. The van der Waals surface area contributed by atoms with E-state index < -0.39 is 0 Å². The van der Waals surface area contributed by atoms with Crippen LogP contribution in [0.25, 0.3) is 0 Å². The molecule has 0 atom stereocenters. The van der Waals surface area contributed by atoms with Crippen LogP contribution < -0.4 is 14.8 Å². The third kappa shape index (κ3) is 3.98. The second-order valence-corrected chi connectivity index (χ2v) is 7.12. The maximum Gasteiger partial charge on any atom is 0.265 e. The molecule has 0 saturated carbocycles. The Morgan fingerprint density at radius 3 is 2.23 bits per heavy atom. The van der Waals surface area contributed by atoms with Crippen molar-refractivity contribution in [2.24, 2.45) is 0 Å². The molecule has 1 heterocycles. The zero-order chi connectivity index (χ0) is 19.2. The highest BCUT2D eigenvalue weighted by Crippen LogP contribution is 2.39. The molecule has 1 N–H and O–H groups in total. The average Bonchev–Trinajstić information content (AvgIpc) is 3.14. The van der Waals surface area contributed by atoms with Gasteiger partial charge >= 0.3 is 0 Å². The van der Waals surface area contributed by atoms with E-state index in [1.165, 1.54) is 25.6 Å². The Morgan fingerprint density at radius 1 is 1.12 bits per heavy atom. The predicted octanol–water partition coefficient (Wildman–Crippen LogP) is 4.67. The monoisotopic (exact) mass is 377 g/mol. The molecule has 2 aromatic rings. The molecule has 0 aliphatic rings. The molecular formula is C19H27N3O3S. The summed E-state index contributed by atoms with van der Waals surface area (Å²) in [7, 11) is 3.05. The second kappa shape index (κ2) is 8.98. The molecular weight excluding hydrogens is 350 g/mol.